The van der Waals surface area contributed by atoms with Crippen LogP contribution in [0.15, 0.2) is 52.5 Å². The average Bonchev–Trinajstić information content (AvgIpc) is 2.80. The molecule has 4 heteroatoms. The van der Waals surface area contributed by atoms with E-state index in [2.05, 4.69) is 53.3 Å². The number of aromatic nitrogens is 2. The fourth-order valence-corrected chi connectivity index (χ4v) is 2.90. The summed E-state index contributed by atoms with van der Waals surface area (Å²) in [5, 5.41) is 0.916. The van der Waals surface area contributed by atoms with Gasteiger partial charge in [-0.25, -0.2) is 4.98 Å². The number of H-pyrrole nitrogens is 1. The Kier molecular flexibility index (Phi) is 3.51. The van der Waals surface area contributed by atoms with Crippen LogP contribution in [0.5, 0.6) is 0 Å². The molecule has 20 heavy (non-hydrogen) atoms. The van der Waals surface area contributed by atoms with E-state index in [1.165, 1.54) is 5.56 Å². The van der Waals surface area contributed by atoms with Gasteiger partial charge in [0.1, 0.15) is 0 Å². The molecule has 0 aliphatic heterocycles. The van der Waals surface area contributed by atoms with Crippen molar-refractivity contribution in [2.75, 3.05) is 0 Å². The summed E-state index contributed by atoms with van der Waals surface area (Å²) in [6.45, 7) is 4.07. The summed E-state index contributed by atoms with van der Waals surface area (Å²) in [5.74, 6) is 0. The van der Waals surface area contributed by atoms with Crippen molar-refractivity contribution in [3.8, 4) is 0 Å². The molecule has 0 radical (unpaired) electrons. The molecule has 0 aliphatic carbocycles. The normalized spacial score (nSPS) is 12.8. The van der Waals surface area contributed by atoms with Gasteiger partial charge in [-0.3, -0.25) is 0 Å². The SMILES string of the molecule is Cc1ccc2nc(Sc3ccc([C@@H](C)N)cc3)[nH]c2c1. The minimum absolute atomic E-state index is 0.0724. The van der Waals surface area contributed by atoms with Gasteiger partial charge in [-0.05, 0) is 49.2 Å². The number of hydrogen-bond acceptors (Lipinski definition) is 3. The lowest BCUT2D eigenvalue weighted by atomic mass is 10.1. The van der Waals surface area contributed by atoms with E-state index in [-0.39, 0.29) is 6.04 Å². The Bertz CT molecular complexity index is 729. The first-order chi connectivity index (χ1) is 9.61. The predicted molar refractivity (Wildman–Crippen MR) is 84.0 cm³/mol. The lowest BCUT2D eigenvalue weighted by Crippen LogP contribution is -2.04. The summed E-state index contributed by atoms with van der Waals surface area (Å²) in [6, 6.07) is 14.6. The Morgan fingerprint density at radius 1 is 1.15 bits per heavy atom. The number of rotatable bonds is 3. The van der Waals surface area contributed by atoms with Crippen molar-refractivity contribution in [1.82, 2.24) is 9.97 Å². The van der Waals surface area contributed by atoms with Gasteiger partial charge in [-0.15, -0.1) is 0 Å². The third-order valence-corrected chi connectivity index (χ3v) is 4.13. The molecule has 0 spiro atoms. The Morgan fingerprint density at radius 2 is 1.90 bits per heavy atom. The van der Waals surface area contributed by atoms with Gasteiger partial charge in [0, 0.05) is 10.9 Å². The highest BCUT2D eigenvalue weighted by Crippen LogP contribution is 2.28. The van der Waals surface area contributed by atoms with E-state index < -0.39 is 0 Å². The van der Waals surface area contributed by atoms with Crippen LogP contribution >= 0.6 is 11.8 Å². The zero-order valence-corrected chi connectivity index (χ0v) is 12.4. The van der Waals surface area contributed by atoms with Crippen LogP contribution in [0.25, 0.3) is 11.0 Å². The van der Waals surface area contributed by atoms with E-state index in [1.54, 1.807) is 11.8 Å². The zero-order valence-electron chi connectivity index (χ0n) is 11.6. The first-order valence-corrected chi connectivity index (χ1v) is 7.43. The molecule has 3 rings (SSSR count). The fraction of sp³-hybridized carbons (Fsp3) is 0.188. The van der Waals surface area contributed by atoms with Crippen molar-refractivity contribution in [3.63, 3.8) is 0 Å². The molecule has 0 fully saturated rings. The molecular weight excluding hydrogens is 266 g/mol. The highest BCUT2D eigenvalue weighted by Gasteiger charge is 2.05. The average molecular weight is 283 g/mol. The molecule has 1 heterocycles. The first-order valence-electron chi connectivity index (χ1n) is 6.61. The van der Waals surface area contributed by atoms with E-state index in [0.29, 0.717) is 0 Å². The van der Waals surface area contributed by atoms with Crippen molar-refractivity contribution in [2.45, 2.75) is 29.9 Å². The van der Waals surface area contributed by atoms with E-state index in [4.69, 9.17) is 5.73 Å². The summed E-state index contributed by atoms with van der Waals surface area (Å²) in [6.07, 6.45) is 0. The van der Waals surface area contributed by atoms with E-state index >= 15 is 0 Å². The quantitative estimate of drug-likeness (QED) is 0.762. The number of benzene rings is 2. The maximum atomic E-state index is 5.86. The number of aryl methyl sites for hydroxylation is 1. The smallest absolute Gasteiger partial charge is 0.171 e. The molecule has 1 aromatic heterocycles. The number of nitrogens with one attached hydrogen (secondary N) is 1. The summed E-state index contributed by atoms with van der Waals surface area (Å²) in [4.78, 5) is 9.10. The van der Waals surface area contributed by atoms with Gasteiger partial charge in [0.05, 0.1) is 11.0 Å². The zero-order chi connectivity index (χ0) is 14.1. The molecule has 3 nitrogen and oxygen atoms in total. The Labute approximate surface area is 122 Å². The topological polar surface area (TPSA) is 54.7 Å². The van der Waals surface area contributed by atoms with Gasteiger partial charge >= 0.3 is 0 Å². The minimum Gasteiger partial charge on any atom is -0.333 e. The van der Waals surface area contributed by atoms with Crippen LogP contribution < -0.4 is 5.73 Å². The van der Waals surface area contributed by atoms with Crippen LogP contribution in [0.3, 0.4) is 0 Å². The van der Waals surface area contributed by atoms with Gasteiger partial charge in [-0.2, -0.15) is 0 Å². The summed E-state index contributed by atoms with van der Waals surface area (Å²) in [7, 11) is 0. The van der Waals surface area contributed by atoms with Crippen LogP contribution in [-0.4, -0.2) is 9.97 Å². The highest BCUT2D eigenvalue weighted by atomic mass is 32.2. The third-order valence-electron chi connectivity index (χ3n) is 3.24. The number of nitrogens with two attached hydrogens (primary N) is 1. The second kappa shape index (κ2) is 5.31. The molecule has 2 aromatic carbocycles. The van der Waals surface area contributed by atoms with E-state index in [1.807, 2.05) is 13.0 Å². The van der Waals surface area contributed by atoms with Gasteiger partial charge in [0.2, 0.25) is 0 Å². The molecule has 3 N–H and O–H groups in total. The van der Waals surface area contributed by atoms with Crippen LogP contribution in [0, 0.1) is 6.92 Å². The molecule has 0 unspecified atom stereocenters. The summed E-state index contributed by atoms with van der Waals surface area (Å²) < 4.78 is 0. The van der Waals surface area contributed by atoms with Gasteiger partial charge in [-0.1, -0.05) is 30.0 Å². The molecule has 102 valence electrons. The second-order valence-electron chi connectivity index (χ2n) is 5.02. The largest absolute Gasteiger partial charge is 0.333 e. The Balaban J connectivity index is 1.85. The van der Waals surface area contributed by atoms with Crippen molar-refractivity contribution in [2.24, 2.45) is 5.73 Å². The standard InChI is InChI=1S/C16H17N3S/c1-10-3-8-14-15(9-10)19-16(18-14)20-13-6-4-12(5-7-13)11(2)17/h3-9,11H,17H2,1-2H3,(H,18,19)/t11-/m1/s1. The molecule has 0 aliphatic rings. The molecule has 1 atom stereocenters. The summed E-state index contributed by atoms with van der Waals surface area (Å²) in [5.41, 5.74) is 10.3. The van der Waals surface area contributed by atoms with Crippen molar-refractivity contribution in [3.05, 3.63) is 53.6 Å². The Morgan fingerprint density at radius 3 is 2.60 bits per heavy atom. The maximum absolute atomic E-state index is 5.86. The highest BCUT2D eigenvalue weighted by molar-refractivity contribution is 7.99. The lowest BCUT2D eigenvalue weighted by Gasteiger charge is -2.05. The molecule has 0 saturated heterocycles. The van der Waals surface area contributed by atoms with Gasteiger partial charge in [0.15, 0.2) is 5.16 Å². The first kappa shape index (κ1) is 13.2. The van der Waals surface area contributed by atoms with E-state index in [0.717, 1.165) is 26.6 Å². The third kappa shape index (κ3) is 2.71. The fourth-order valence-electron chi connectivity index (χ4n) is 2.10. The molecule has 0 amide bonds. The summed E-state index contributed by atoms with van der Waals surface area (Å²) >= 11 is 1.63. The lowest BCUT2D eigenvalue weighted by molar-refractivity contribution is 0.817. The van der Waals surface area contributed by atoms with Crippen molar-refractivity contribution < 1.29 is 0 Å². The van der Waals surface area contributed by atoms with Crippen LogP contribution in [0.4, 0.5) is 0 Å². The molecule has 0 saturated carbocycles. The predicted octanol–water partition coefficient (Wildman–Crippen LogP) is 4.04. The molecule has 3 aromatic rings. The second-order valence-corrected chi connectivity index (χ2v) is 6.08. The van der Waals surface area contributed by atoms with Gasteiger partial charge < -0.3 is 10.7 Å². The van der Waals surface area contributed by atoms with Crippen LogP contribution in [0.2, 0.25) is 0 Å². The van der Waals surface area contributed by atoms with Crippen LogP contribution in [-0.2, 0) is 0 Å². The monoisotopic (exact) mass is 283 g/mol. The minimum atomic E-state index is 0.0724. The van der Waals surface area contributed by atoms with Crippen molar-refractivity contribution in [1.29, 1.82) is 0 Å². The number of aromatic amines is 1. The number of nitrogens with zero attached hydrogens (tertiary/aromatic N) is 1. The maximum Gasteiger partial charge on any atom is 0.171 e. The molecule has 0 bridgehead atoms. The van der Waals surface area contributed by atoms with Crippen molar-refractivity contribution >= 4 is 22.8 Å². The number of hydrogen-bond donors (Lipinski definition) is 2. The van der Waals surface area contributed by atoms with E-state index in [9.17, 15) is 0 Å². The van der Waals surface area contributed by atoms with Gasteiger partial charge in [0.25, 0.3) is 0 Å². The Hall–Kier alpha value is -1.78. The number of fused-ring (bicyclic) bond motifs is 1. The molecular formula is C16H17N3S. The van der Waals surface area contributed by atoms with Crippen LogP contribution in [0.1, 0.15) is 24.1 Å². The number of imidazole rings is 1.